The summed E-state index contributed by atoms with van der Waals surface area (Å²) < 4.78 is 0. The molecule has 0 atom stereocenters. The maximum atomic E-state index is 11.9. The van der Waals surface area contributed by atoms with Crippen LogP contribution in [0.25, 0.3) is 0 Å². The normalized spacial score (nSPS) is 19.6. The summed E-state index contributed by atoms with van der Waals surface area (Å²) in [6.07, 6.45) is 19.5. The van der Waals surface area contributed by atoms with Crippen LogP contribution in [0.2, 0.25) is 0 Å². The molecule has 1 N–H and O–H groups in total. The second-order valence-electron chi connectivity index (χ2n) is 8.81. The molecule has 144 valence electrons. The summed E-state index contributed by atoms with van der Waals surface area (Å²) in [5.74, 6) is -0.118. The van der Waals surface area contributed by atoms with Crippen LogP contribution in [0.4, 0.5) is 0 Å². The maximum Gasteiger partial charge on any atom is 0.303 e. The highest BCUT2D eigenvalue weighted by Crippen LogP contribution is 2.53. The topological polar surface area (TPSA) is 54.4 Å². The van der Waals surface area contributed by atoms with E-state index < -0.39 is 5.97 Å². The molecule has 3 nitrogen and oxygen atoms in total. The van der Waals surface area contributed by atoms with E-state index in [1.165, 1.54) is 57.8 Å². The SMILES string of the molecule is CCC(=O)C1(CCCCCCCCCCCC2(CC(=O)O)CC2)CC1. The smallest absolute Gasteiger partial charge is 0.303 e. The lowest BCUT2D eigenvalue weighted by molar-refractivity contribution is -0.138. The van der Waals surface area contributed by atoms with E-state index in [1.54, 1.807) is 0 Å². The molecule has 0 radical (unpaired) electrons. The van der Waals surface area contributed by atoms with Gasteiger partial charge in [0.15, 0.2) is 0 Å². The largest absolute Gasteiger partial charge is 0.481 e. The number of carboxylic acid groups (broad SMARTS) is 1. The molecule has 0 aliphatic heterocycles. The first-order chi connectivity index (χ1) is 12.0. The molecule has 2 fully saturated rings. The van der Waals surface area contributed by atoms with Gasteiger partial charge in [0.2, 0.25) is 0 Å². The van der Waals surface area contributed by atoms with Gasteiger partial charge in [-0.2, -0.15) is 0 Å². The van der Waals surface area contributed by atoms with Crippen molar-refractivity contribution in [1.82, 2.24) is 0 Å². The first-order valence-corrected chi connectivity index (χ1v) is 10.8. The Balaban J connectivity index is 1.35. The molecule has 0 aromatic carbocycles. The highest BCUT2D eigenvalue weighted by Gasteiger charge is 2.47. The average Bonchev–Trinajstić information content (AvgIpc) is 3.49. The van der Waals surface area contributed by atoms with Crippen molar-refractivity contribution in [3.05, 3.63) is 0 Å². The zero-order valence-corrected chi connectivity index (χ0v) is 16.3. The van der Waals surface area contributed by atoms with E-state index in [0.29, 0.717) is 12.2 Å². The monoisotopic (exact) mass is 350 g/mol. The van der Waals surface area contributed by atoms with E-state index in [-0.39, 0.29) is 10.8 Å². The Morgan fingerprint density at radius 1 is 0.760 bits per heavy atom. The number of rotatable bonds is 16. The molecule has 0 bridgehead atoms. The minimum absolute atomic E-state index is 0.119. The van der Waals surface area contributed by atoms with Gasteiger partial charge in [0, 0.05) is 11.8 Å². The molecule has 2 saturated carbocycles. The van der Waals surface area contributed by atoms with Crippen molar-refractivity contribution in [2.24, 2.45) is 10.8 Å². The minimum Gasteiger partial charge on any atom is -0.481 e. The number of ketones is 1. The zero-order valence-electron chi connectivity index (χ0n) is 16.3. The van der Waals surface area contributed by atoms with Crippen LogP contribution in [0.5, 0.6) is 0 Å². The number of carbonyl (C=O) groups excluding carboxylic acids is 1. The van der Waals surface area contributed by atoms with Gasteiger partial charge in [-0.15, -0.1) is 0 Å². The Morgan fingerprint density at radius 3 is 1.64 bits per heavy atom. The second-order valence-corrected chi connectivity index (χ2v) is 8.81. The Morgan fingerprint density at radius 2 is 1.24 bits per heavy atom. The number of hydrogen-bond donors (Lipinski definition) is 1. The van der Waals surface area contributed by atoms with Gasteiger partial charge in [0.05, 0.1) is 6.42 Å². The summed E-state index contributed by atoms with van der Waals surface area (Å²) in [6.45, 7) is 2.00. The third kappa shape index (κ3) is 7.11. The number of aliphatic carboxylic acids is 1. The van der Waals surface area contributed by atoms with Crippen molar-refractivity contribution in [2.45, 2.75) is 116 Å². The molecule has 2 aliphatic carbocycles. The van der Waals surface area contributed by atoms with Crippen molar-refractivity contribution in [2.75, 3.05) is 0 Å². The lowest BCUT2D eigenvalue weighted by Crippen LogP contribution is -2.14. The number of carbonyl (C=O) groups is 2. The van der Waals surface area contributed by atoms with E-state index in [1.807, 2.05) is 6.92 Å². The van der Waals surface area contributed by atoms with Crippen LogP contribution in [0.3, 0.4) is 0 Å². The fraction of sp³-hybridized carbons (Fsp3) is 0.909. The summed E-state index contributed by atoms with van der Waals surface area (Å²) in [7, 11) is 0. The summed E-state index contributed by atoms with van der Waals surface area (Å²) >= 11 is 0. The molecule has 2 rings (SSSR count). The van der Waals surface area contributed by atoms with Crippen molar-refractivity contribution in [3.63, 3.8) is 0 Å². The first-order valence-electron chi connectivity index (χ1n) is 10.8. The third-order valence-corrected chi connectivity index (χ3v) is 6.61. The van der Waals surface area contributed by atoms with Gasteiger partial charge in [-0.3, -0.25) is 9.59 Å². The van der Waals surface area contributed by atoms with E-state index in [2.05, 4.69) is 0 Å². The Bertz CT molecular complexity index is 433. The summed E-state index contributed by atoms with van der Waals surface area (Å²) in [5.41, 5.74) is 0.304. The Kier molecular flexibility index (Phi) is 7.96. The first kappa shape index (κ1) is 20.5. The number of Topliss-reactive ketones (excluding diaryl/α,β-unsaturated/α-hetero) is 1. The standard InChI is InChI=1S/C22H38O3/c1-2-19(23)22(16-17-22)13-11-9-7-5-3-4-6-8-10-12-21(14-15-21)18-20(24)25/h2-18H2,1H3,(H,24,25). The molecule has 3 heteroatoms. The van der Waals surface area contributed by atoms with Crippen LogP contribution in [0, 0.1) is 10.8 Å². The average molecular weight is 351 g/mol. The van der Waals surface area contributed by atoms with E-state index in [0.717, 1.165) is 44.9 Å². The van der Waals surface area contributed by atoms with Crippen molar-refractivity contribution in [3.8, 4) is 0 Å². The predicted octanol–water partition coefficient (Wildman–Crippen LogP) is 6.29. The molecule has 0 unspecified atom stereocenters. The van der Waals surface area contributed by atoms with Crippen LogP contribution in [-0.2, 0) is 9.59 Å². The number of carboxylic acids is 1. The van der Waals surface area contributed by atoms with Crippen molar-refractivity contribution < 1.29 is 14.7 Å². The van der Waals surface area contributed by atoms with Gasteiger partial charge < -0.3 is 5.11 Å². The lowest BCUT2D eigenvalue weighted by Gasteiger charge is -2.12. The van der Waals surface area contributed by atoms with Crippen molar-refractivity contribution >= 4 is 11.8 Å². The fourth-order valence-electron chi connectivity index (χ4n) is 4.41. The van der Waals surface area contributed by atoms with Crippen molar-refractivity contribution in [1.29, 1.82) is 0 Å². The third-order valence-electron chi connectivity index (χ3n) is 6.61. The molecule has 0 heterocycles. The van der Waals surface area contributed by atoms with Crippen LogP contribution in [0.15, 0.2) is 0 Å². The molecule has 0 aromatic heterocycles. The summed E-state index contributed by atoms with van der Waals surface area (Å²) in [5, 5.41) is 8.92. The van der Waals surface area contributed by atoms with Gasteiger partial charge in [-0.05, 0) is 43.9 Å². The Labute approximate surface area is 154 Å². The number of unbranched alkanes of at least 4 members (excludes halogenated alkanes) is 8. The summed E-state index contributed by atoms with van der Waals surface area (Å²) in [6, 6.07) is 0. The lowest BCUT2D eigenvalue weighted by atomic mass is 9.92. The quantitative estimate of drug-likeness (QED) is 0.333. The van der Waals surface area contributed by atoms with Crippen LogP contribution in [0.1, 0.15) is 116 Å². The van der Waals surface area contributed by atoms with Gasteiger partial charge in [-0.25, -0.2) is 0 Å². The molecular formula is C22H38O3. The predicted molar refractivity (Wildman–Crippen MR) is 102 cm³/mol. The van der Waals surface area contributed by atoms with Gasteiger partial charge in [0.1, 0.15) is 5.78 Å². The molecule has 0 aromatic rings. The van der Waals surface area contributed by atoms with Crippen LogP contribution in [-0.4, -0.2) is 16.9 Å². The van der Waals surface area contributed by atoms with E-state index >= 15 is 0 Å². The molecule has 25 heavy (non-hydrogen) atoms. The van der Waals surface area contributed by atoms with Gasteiger partial charge in [0.25, 0.3) is 0 Å². The summed E-state index contributed by atoms with van der Waals surface area (Å²) in [4.78, 5) is 22.7. The fourth-order valence-corrected chi connectivity index (χ4v) is 4.41. The van der Waals surface area contributed by atoms with E-state index in [9.17, 15) is 9.59 Å². The highest BCUT2D eigenvalue weighted by atomic mass is 16.4. The maximum absolute atomic E-state index is 11.9. The second kappa shape index (κ2) is 9.73. The number of hydrogen-bond acceptors (Lipinski definition) is 2. The molecular weight excluding hydrogens is 312 g/mol. The van der Waals surface area contributed by atoms with Crippen LogP contribution < -0.4 is 0 Å². The highest BCUT2D eigenvalue weighted by molar-refractivity contribution is 5.86. The minimum atomic E-state index is -0.621. The van der Waals surface area contributed by atoms with Gasteiger partial charge >= 0.3 is 5.97 Å². The Hall–Kier alpha value is -0.860. The van der Waals surface area contributed by atoms with Gasteiger partial charge in [-0.1, -0.05) is 64.7 Å². The zero-order chi connectivity index (χ0) is 18.2. The molecule has 0 amide bonds. The molecule has 0 saturated heterocycles. The van der Waals surface area contributed by atoms with E-state index in [4.69, 9.17) is 5.11 Å². The molecule has 0 spiro atoms. The van der Waals surface area contributed by atoms with Crippen LogP contribution >= 0.6 is 0 Å². The molecule has 2 aliphatic rings.